The van der Waals surface area contributed by atoms with E-state index in [-0.39, 0.29) is 17.2 Å². The Kier molecular flexibility index (Phi) is 4.24. The number of carbonyl (C=O) groups excluding carboxylic acids is 1. The maximum atomic E-state index is 11.3. The second-order valence-corrected chi connectivity index (χ2v) is 6.20. The summed E-state index contributed by atoms with van der Waals surface area (Å²) in [6.45, 7) is 0.0447. The molecule has 1 amide bonds. The minimum absolute atomic E-state index is 0.0447. The van der Waals surface area contributed by atoms with E-state index in [1.165, 1.54) is 30.3 Å². The zero-order valence-electron chi connectivity index (χ0n) is 11.1. The van der Waals surface area contributed by atoms with E-state index in [0.717, 1.165) is 6.26 Å². The first kappa shape index (κ1) is 15.0. The number of aromatic nitrogens is 1. The van der Waals surface area contributed by atoms with Crippen LogP contribution in [0, 0.1) is 0 Å². The van der Waals surface area contributed by atoms with Crippen molar-refractivity contribution in [3.63, 3.8) is 0 Å². The lowest BCUT2D eigenvalue weighted by Crippen LogP contribution is -2.30. The highest BCUT2D eigenvalue weighted by molar-refractivity contribution is 7.90. The Morgan fingerprint density at radius 2 is 2.05 bits per heavy atom. The van der Waals surface area contributed by atoms with E-state index in [1.54, 1.807) is 0 Å². The number of rotatable bonds is 5. The van der Waals surface area contributed by atoms with Crippen LogP contribution in [-0.4, -0.2) is 25.7 Å². The van der Waals surface area contributed by atoms with Crippen LogP contribution in [-0.2, 0) is 16.4 Å². The average Bonchev–Trinajstić information content (AvgIpc) is 2.92. The molecule has 0 saturated carbocycles. The van der Waals surface area contributed by atoms with Crippen molar-refractivity contribution in [1.29, 1.82) is 0 Å². The molecule has 0 bridgehead atoms. The normalized spacial score (nSPS) is 11.1. The fourth-order valence-electron chi connectivity index (χ4n) is 1.50. The minimum atomic E-state index is -3.24. The van der Waals surface area contributed by atoms with Crippen LogP contribution in [0.15, 0.2) is 39.8 Å². The molecule has 2 aromatic rings. The molecule has 21 heavy (non-hydrogen) atoms. The van der Waals surface area contributed by atoms with Gasteiger partial charge in [-0.2, -0.15) is 0 Å². The van der Waals surface area contributed by atoms with Crippen molar-refractivity contribution >= 4 is 15.7 Å². The number of nitrogen functional groups attached to an aromatic ring is 1. The van der Waals surface area contributed by atoms with Crippen molar-refractivity contribution in [3.05, 3.63) is 41.8 Å². The second-order valence-electron chi connectivity index (χ2n) is 4.18. The number of nitrogens with zero attached hydrogens (tertiary/aromatic N) is 1. The number of nitrogens with two attached hydrogens (primary N) is 1. The van der Waals surface area contributed by atoms with Crippen LogP contribution < -0.4 is 16.0 Å². The monoisotopic (exact) mass is 311 g/mol. The van der Waals surface area contributed by atoms with Crippen LogP contribution in [0.3, 0.4) is 0 Å². The van der Waals surface area contributed by atoms with Gasteiger partial charge in [0.2, 0.25) is 0 Å². The number of hydrazine groups is 1. The molecule has 0 radical (unpaired) electrons. The third kappa shape index (κ3) is 3.80. The van der Waals surface area contributed by atoms with Gasteiger partial charge in [-0.3, -0.25) is 10.2 Å². The number of ether oxygens (including phenoxy) is 1. The lowest BCUT2D eigenvalue weighted by atomic mass is 10.3. The molecule has 1 aromatic heterocycles. The molecule has 0 aliphatic carbocycles. The van der Waals surface area contributed by atoms with Crippen molar-refractivity contribution in [1.82, 2.24) is 10.6 Å². The maximum Gasteiger partial charge on any atom is 0.287 e. The lowest BCUT2D eigenvalue weighted by molar-refractivity contribution is 0.0944. The SMILES string of the molecule is CS(=O)(=O)c1ccc(OCc2cc(C(=O)NN)no2)cc1. The topological polar surface area (TPSA) is 125 Å². The predicted octanol–water partition coefficient (Wildman–Crippen LogP) is 0.261. The molecule has 1 heterocycles. The number of carbonyl (C=O) groups is 1. The third-order valence-corrected chi connectivity index (χ3v) is 3.68. The maximum absolute atomic E-state index is 11.3. The second kappa shape index (κ2) is 5.94. The zero-order valence-corrected chi connectivity index (χ0v) is 11.9. The van der Waals surface area contributed by atoms with Gasteiger partial charge in [0.05, 0.1) is 4.90 Å². The fraction of sp³-hybridized carbons (Fsp3) is 0.167. The summed E-state index contributed by atoms with van der Waals surface area (Å²) in [6.07, 6.45) is 1.13. The standard InChI is InChI=1S/C12H13N3O5S/c1-21(17,18)10-4-2-8(3-5-10)19-7-9-6-11(15-20-9)12(16)14-13/h2-6H,7,13H2,1H3,(H,14,16). The van der Waals surface area contributed by atoms with E-state index >= 15 is 0 Å². The van der Waals surface area contributed by atoms with Gasteiger partial charge in [-0.25, -0.2) is 14.3 Å². The Morgan fingerprint density at radius 1 is 1.38 bits per heavy atom. The Morgan fingerprint density at radius 3 is 2.62 bits per heavy atom. The van der Waals surface area contributed by atoms with E-state index in [9.17, 15) is 13.2 Å². The van der Waals surface area contributed by atoms with Gasteiger partial charge < -0.3 is 9.26 Å². The van der Waals surface area contributed by atoms with Gasteiger partial charge in [0.1, 0.15) is 12.4 Å². The van der Waals surface area contributed by atoms with Crippen molar-refractivity contribution in [3.8, 4) is 5.75 Å². The summed E-state index contributed by atoms with van der Waals surface area (Å²) in [5.41, 5.74) is 1.97. The highest BCUT2D eigenvalue weighted by Crippen LogP contribution is 2.17. The molecule has 1 aromatic carbocycles. The van der Waals surface area contributed by atoms with Crippen LogP contribution >= 0.6 is 0 Å². The Hall–Kier alpha value is -2.39. The molecule has 0 atom stereocenters. The van der Waals surface area contributed by atoms with Crippen LogP contribution in [0.4, 0.5) is 0 Å². The van der Waals surface area contributed by atoms with Crippen LogP contribution in [0.5, 0.6) is 5.75 Å². The molecule has 0 aliphatic heterocycles. The molecule has 0 aliphatic rings. The Bertz CT molecular complexity index is 737. The average molecular weight is 311 g/mol. The number of sulfone groups is 1. The van der Waals surface area contributed by atoms with Gasteiger partial charge in [0.15, 0.2) is 21.3 Å². The minimum Gasteiger partial charge on any atom is -0.486 e. The molecular weight excluding hydrogens is 298 g/mol. The van der Waals surface area contributed by atoms with E-state index in [4.69, 9.17) is 15.1 Å². The number of nitrogens with one attached hydrogen (secondary N) is 1. The fourth-order valence-corrected chi connectivity index (χ4v) is 2.13. The molecule has 0 saturated heterocycles. The van der Waals surface area contributed by atoms with E-state index in [0.29, 0.717) is 11.5 Å². The van der Waals surface area contributed by atoms with Crippen molar-refractivity contribution in [2.45, 2.75) is 11.5 Å². The van der Waals surface area contributed by atoms with Gasteiger partial charge in [0.25, 0.3) is 5.91 Å². The molecule has 9 heteroatoms. The Labute approximate surface area is 120 Å². The summed E-state index contributed by atoms with van der Waals surface area (Å²) >= 11 is 0. The van der Waals surface area contributed by atoms with E-state index in [2.05, 4.69) is 5.16 Å². The summed E-state index contributed by atoms with van der Waals surface area (Å²) in [5, 5.41) is 3.52. The highest BCUT2D eigenvalue weighted by Gasteiger charge is 2.12. The van der Waals surface area contributed by atoms with Crippen LogP contribution in [0.1, 0.15) is 16.2 Å². The quantitative estimate of drug-likeness (QED) is 0.461. The first-order chi connectivity index (χ1) is 9.90. The summed E-state index contributed by atoms with van der Waals surface area (Å²) in [5.74, 6) is 5.19. The number of amides is 1. The van der Waals surface area contributed by atoms with Crippen molar-refractivity contribution in [2.24, 2.45) is 5.84 Å². The number of hydrogen-bond acceptors (Lipinski definition) is 7. The first-order valence-electron chi connectivity index (χ1n) is 5.79. The van der Waals surface area contributed by atoms with Crippen LogP contribution in [0.2, 0.25) is 0 Å². The van der Waals surface area contributed by atoms with Crippen LogP contribution in [0.25, 0.3) is 0 Å². The molecule has 2 rings (SSSR count). The van der Waals surface area contributed by atoms with Crippen molar-refractivity contribution in [2.75, 3.05) is 6.26 Å². The van der Waals surface area contributed by atoms with Crippen molar-refractivity contribution < 1.29 is 22.5 Å². The molecule has 3 N–H and O–H groups in total. The lowest BCUT2D eigenvalue weighted by Gasteiger charge is -2.04. The summed E-state index contributed by atoms with van der Waals surface area (Å²) in [6, 6.07) is 7.34. The van der Waals surface area contributed by atoms with Gasteiger partial charge >= 0.3 is 0 Å². The highest BCUT2D eigenvalue weighted by atomic mass is 32.2. The molecule has 8 nitrogen and oxygen atoms in total. The Balaban J connectivity index is 2.00. The molecule has 112 valence electrons. The molecule has 0 unspecified atom stereocenters. The largest absolute Gasteiger partial charge is 0.486 e. The summed E-state index contributed by atoms with van der Waals surface area (Å²) in [4.78, 5) is 11.4. The smallest absolute Gasteiger partial charge is 0.287 e. The van der Waals surface area contributed by atoms with Gasteiger partial charge in [-0.05, 0) is 24.3 Å². The molecular formula is C12H13N3O5S. The zero-order chi connectivity index (χ0) is 15.5. The number of hydrogen-bond donors (Lipinski definition) is 2. The molecule has 0 fully saturated rings. The van der Waals surface area contributed by atoms with Gasteiger partial charge in [-0.15, -0.1) is 0 Å². The van der Waals surface area contributed by atoms with E-state index < -0.39 is 15.7 Å². The first-order valence-corrected chi connectivity index (χ1v) is 7.69. The van der Waals surface area contributed by atoms with E-state index in [1.807, 2.05) is 5.43 Å². The predicted molar refractivity (Wildman–Crippen MR) is 72.0 cm³/mol. The summed E-state index contributed by atoms with van der Waals surface area (Å²) in [7, 11) is -3.24. The number of benzene rings is 1. The summed E-state index contributed by atoms with van der Waals surface area (Å²) < 4.78 is 32.9. The van der Waals surface area contributed by atoms with Gasteiger partial charge in [0, 0.05) is 12.3 Å². The van der Waals surface area contributed by atoms with Gasteiger partial charge in [-0.1, -0.05) is 5.16 Å². The third-order valence-electron chi connectivity index (χ3n) is 2.56. The molecule has 0 spiro atoms.